The van der Waals surface area contributed by atoms with Gasteiger partial charge < -0.3 is 30.7 Å². The largest absolute Gasteiger partial charge is 0.435 e. The van der Waals surface area contributed by atoms with Gasteiger partial charge in [0, 0.05) is 109 Å². The van der Waals surface area contributed by atoms with Gasteiger partial charge in [0.25, 0.3) is 29.5 Å². The summed E-state index contributed by atoms with van der Waals surface area (Å²) >= 11 is 0. The third-order valence-electron chi connectivity index (χ3n) is 19.9. The molecule has 0 aliphatic carbocycles. The molecule has 3 aromatic carbocycles. The van der Waals surface area contributed by atoms with Crippen LogP contribution in [-0.4, -0.2) is 128 Å². The third-order valence-corrected chi connectivity index (χ3v) is 19.9. The number of hydrogen-bond acceptors (Lipinski definition) is 15. The molecule has 6 amide bonds. The second kappa shape index (κ2) is 35.0. The SMILES string of the molecule is C=CC(=O)N1CCCC[C@H]1c1nc(-c2ccc(C(=O)Nc3cc(C)ccn3)cc2)c2c(C(F)(F)F)nccn12.CC#CC(=O)N1CCCC[C@H]1c1nc(-c2ccc(C(=O)Nc3cc(C)ccn3)cc2)c2c(C(F)(F)F)nccn12.CC#CC(=O)N1CCCC[C@H]1c1nc(-c2ccc(C(=O)Nc3ccccn3)cc2)c2c(C(F)(F)F)nccn12. The first-order chi connectivity index (χ1) is 56.6. The monoisotopic (exact) mass is 1610 g/mol. The smallest absolute Gasteiger partial charge is 0.329 e. The number of carbonyl (C=O) groups is 6. The Balaban J connectivity index is 0.000000153. The van der Waals surface area contributed by atoms with Crippen molar-refractivity contribution in [2.75, 3.05) is 35.6 Å². The number of benzene rings is 3. The number of halogens is 9. The molecule has 3 fully saturated rings. The van der Waals surface area contributed by atoms with E-state index in [0.717, 1.165) is 68.2 Å². The zero-order chi connectivity index (χ0) is 83.7. The molecule has 33 heteroatoms. The highest BCUT2D eigenvalue weighted by Crippen LogP contribution is 2.44. The molecule has 602 valence electrons. The van der Waals surface area contributed by atoms with Crippen LogP contribution in [0, 0.1) is 37.5 Å². The number of likely N-dealkylation sites (tertiary alicyclic amines) is 3. The van der Waals surface area contributed by atoms with Crippen molar-refractivity contribution in [2.24, 2.45) is 0 Å². The average Bonchev–Trinajstić information content (AvgIpc) is 1.60. The molecular weight excluding hydrogens is 1540 g/mol. The first-order valence-corrected chi connectivity index (χ1v) is 37.4. The Morgan fingerprint density at radius 3 is 1.06 bits per heavy atom. The lowest BCUT2D eigenvalue weighted by molar-refractivity contribution is -0.140. The maximum Gasteiger partial charge on any atom is 0.435 e. The second-order valence-electron chi connectivity index (χ2n) is 27.7. The lowest BCUT2D eigenvalue weighted by atomic mass is 10.0. The number of anilines is 3. The minimum Gasteiger partial charge on any atom is -0.329 e. The van der Waals surface area contributed by atoms with Gasteiger partial charge in [-0.2, -0.15) is 39.5 Å². The quantitative estimate of drug-likeness (QED) is 0.0550. The van der Waals surface area contributed by atoms with Crippen LogP contribution in [0.5, 0.6) is 0 Å². The summed E-state index contributed by atoms with van der Waals surface area (Å²) in [5.41, 5.74) is 0.150. The molecule has 0 unspecified atom stereocenters. The van der Waals surface area contributed by atoms with Gasteiger partial charge in [0.05, 0.1) is 35.2 Å². The van der Waals surface area contributed by atoms with Gasteiger partial charge in [-0.15, -0.1) is 0 Å². The van der Waals surface area contributed by atoms with Gasteiger partial charge in [-0.1, -0.05) is 60.9 Å². The first-order valence-electron chi connectivity index (χ1n) is 37.4. The lowest BCUT2D eigenvalue weighted by Crippen LogP contribution is -2.38. The highest BCUT2D eigenvalue weighted by molar-refractivity contribution is 6.06. The van der Waals surface area contributed by atoms with Gasteiger partial charge >= 0.3 is 18.5 Å². The molecule has 3 aliphatic heterocycles. The predicted molar refractivity (Wildman–Crippen MR) is 418 cm³/mol. The number of piperidine rings is 3. The van der Waals surface area contributed by atoms with Gasteiger partial charge in [-0.3, -0.25) is 42.0 Å². The molecule has 15 rings (SSSR count). The molecule has 12 aromatic rings. The summed E-state index contributed by atoms with van der Waals surface area (Å²) < 4.78 is 131. The van der Waals surface area contributed by atoms with Crippen molar-refractivity contribution in [2.45, 2.75) is 122 Å². The van der Waals surface area contributed by atoms with E-state index < -0.39 is 83.3 Å². The number of aryl methyl sites for hydroxylation is 2. The normalized spacial score (nSPS) is 15.6. The fourth-order valence-electron chi connectivity index (χ4n) is 14.5. The number of pyridine rings is 3. The molecule has 24 nitrogen and oxygen atoms in total. The number of imidazole rings is 3. The number of nitrogens with one attached hydrogen (secondary N) is 3. The standard InChI is InChI=1S/C29H25F3N6O2.C28H25F3N6O2.C28H23F3N6O2/c1-3-6-23(39)37-15-5-4-7-21(37)27-36-24(25-26(29(30,31)32)34-14-16-38(25)27)19-8-10-20(11-9-19)28(40)35-22-17-18(2)12-13-33-22;1-3-22(38)36-14-5-4-6-20(36)26-35-23(24-25(28(29,30)31)33-13-15-37(24)26)18-7-9-19(10-8-18)27(39)34-21-16-17(2)11-12-32-21;1-2-7-22(38)36-16-6-4-8-20(36)26-35-23(24-25(28(29,30)31)33-15-17-37(24)26)18-10-12-19(13-11-18)27(39)34-21-9-3-5-14-32-21/h8-14,16-17,21H,4-5,7,15H2,1-2H3,(H,33,35,40);3,7-13,15-16,20H,1,4-6,14H2,2H3,(H,32,34,39);3,5,9-15,17,20H,4,6,8,16H2,1H3,(H,32,34,39)/t21-;2*20-/m000/s1. The topological polar surface area (TPSA) is 277 Å². The van der Waals surface area contributed by atoms with Crippen molar-refractivity contribution in [1.82, 2.24) is 72.8 Å². The van der Waals surface area contributed by atoms with Crippen molar-refractivity contribution in [1.29, 1.82) is 0 Å². The molecule has 3 aliphatic rings. The van der Waals surface area contributed by atoms with Crippen LogP contribution in [0.15, 0.2) is 184 Å². The molecule has 3 saturated heterocycles. The minimum atomic E-state index is -4.75. The molecule has 3 atom stereocenters. The molecular formula is C85H73F9N18O6. The number of aromatic nitrogens is 12. The predicted octanol–water partition coefficient (Wildman–Crippen LogP) is 16.2. The molecule has 3 N–H and O–H groups in total. The van der Waals surface area contributed by atoms with Crippen molar-refractivity contribution >= 4 is 69.4 Å². The van der Waals surface area contributed by atoms with Gasteiger partial charge in [-0.25, -0.2) is 44.9 Å². The number of carbonyl (C=O) groups excluding carboxylic acids is 6. The number of fused-ring (bicyclic) bond motifs is 3. The molecule has 12 heterocycles. The van der Waals surface area contributed by atoms with E-state index in [1.807, 2.05) is 13.8 Å². The van der Waals surface area contributed by atoms with Crippen LogP contribution in [0.3, 0.4) is 0 Å². The number of alkyl halides is 9. The van der Waals surface area contributed by atoms with Gasteiger partial charge in [-0.05, 0) is 187 Å². The van der Waals surface area contributed by atoms with Crippen LogP contribution in [0.25, 0.3) is 50.3 Å². The Bertz CT molecular complexity index is 5950. The molecule has 9 aromatic heterocycles. The van der Waals surface area contributed by atoms with Crippen molar-refractivity contribution in [3.63, 3.8) is 0 Å². The van der Waals surface area contributed by atoms with E-state index in [4.69, 9.17) is 0 Å². The fourth-order valence-corrected chi connectivity index (χ4v) is 14.5. The fraction of sp³-hybridized carbons (Fsp3) is 0.259. The molecule has 0 spiro atoms. The number of nitrogens with zero attached hydrogens (tertiary/aromatic N) is 15. The third kappa shape index (κ3) is 17.9. The van der Waals surface area contributed by atoms with E-state index in [2.05, 4.69) is 91.1 Å². The maximum absolute atomic E-state index is 14.1. The number of hydrogen-bond donors (Lipinski definition) is 3. The van der Waals surface area contributed by atoms with Crippen molar-refractivity contribution < 1.29 is 68.3 Å². The Morgan fingerprint density at radius 1 is 0.415 bits per heavy atom. The molecule has 0 saturated carbocycles. The van der Waals surface area contributed by atoms with Crippen LogP contribution < -0.4 is 16.0 Å². The van der Waals surface area contributed by atoms with Crippen LogP contribution in [0.4, 0.5) is 57.0 Å². The van der Waals surface area contributed by atoms with Gasteiger partial charge in [0.1, 0.15) is 51.5 Å². The zero-order valence-electron chi connectivity index (χ0n) is 63.7. The van der Waals surface area contributed by atoms with Crippen LogP contribution in [0.2, 0.25) is 0 Å². The number of amides is 6. The van der Waals surface area contributed by atoms with Gasteiger partial charge in [0.15, 0.2) is 17.1 Å². The maximum atomic E-state index is 14.1. The number of rotatable bonds is 13. The van der Waals surface area contributed by atoms with Crippen LogP contribution >= 0.6 is 0 Å². The van der Waals surface area contributed by atoms with E-state index in [9.17, 15) is 68.3 Å². The molecule has 118 heavy (non-hydrogen) atoms. The van der Waals surface area contributed by atoms with Crippen LogP contribution in [-0.2, 0) is 32.9 Å². The highest BCUT2D eigenvalue weighted by Gasteiger charge is 2.43. The zero-order valence-corrected chi connectivity index (χ0v) is 63.7. The second-order valence-corrected chi connectivity index (χ2v) is 27.7. The van der Waals surface area contributed by atoms with E-state index in [-0.39, 0.29) is 39.5 Å². The Hall–Kier alpha value is -14.0. The summed E-state index contributed by atoms with van der Waals surface area (Å²) in [7, 11) is 0. The summed E-state index contributed by atoms with van der Waals surface area (Å²) in [6.07, 6.45) is 5.51. The van der Waals surface area contributed by atoms with E-state index >= 15 is 0 Å². The highest BCUT2D eigenvalue weighted by atomic mass is 19.4. The van der Waals surface area contributed by atoms with E-state index in [1.165, 1.54) is 74.3 Å². The van der Waals surface area contributed by atoms with E-state index in [1.54, 1.807) is 126 Å². The Labute approximate surface area is 668 Å². The average molecular weight is 1610 g/mol. The first kappa shape index (κ1) is 82.0. The summed E-state index contributed by atoms with van der Waals surface area (Å²) in [5, 5.41) is 8.10. The van der Waals surface area contributed by atoms with E-state index in [0.29, 0.717) is 107 Å². The summed E-state index contributed by atoms with van der Waals surface area (Å²) in [4.78, 5) is 118. The summed E-state index contributed by atoms with van der Waals surface area (Å²) in [5.74, 6) is 10.0. The molecule has 0 bridgehead atoms. The lowest BCUT2D eigenvalue weighted by Gasteiger charge is -2.34. The van der Waals surface area contributed by atoms with Crippen molar-refractivity contribution in [3.8, 4) is 57.5 Å². The van der Waals surface area contributed by atoms with Crippen LogP contribution in [0.1, 0.15) is 167 Å². The summed E-state index contributed by atoms with van der Waals surface area (Å²) in [6, 6.07) is 28.9. The molecule has 0 radical (unpaired) electrons. The van der Waals surface area contributed by atoms with Gasteiger partial charge in [0.2, 0.25) is 5.91 Å². The Kier molecular flexibility index (Phi) is 24.3. The summed E-state index contributed by atoms with van der Waals surface area (Å²) in [6.45, 7) is 11.7. The Morgan fingerprint density at radius 2 is 0.746 bits per heavy atom. The minimum absolute atomic E-state index is 0.0571. The van der Waals surface area contributed by atoms with Crippen molar-refractivity contribution in [3.05, 3.63) is 246 Å².